The Hall–Kier alpha value is -2.18. The number of nitrogens with one attached hydrogen (secondary N) is 1. The van der Waals surface area contributed by atoms with Crippen molar-refractivity contribution in [3.63, 3.8) is 0 Å². The molecule has 0 spiro atoms. The van der Waals surface area contributed by atoms with E-state index in [1.54, 1.807) is 39.2 Å². The van der Waals surface area contributed by atoms with Crippen LogP contribution in [-0.2, 0) is 14.4 Å². The standard InChI is InChI=1S/C12H16N4O3/c1-8(16-6-4-5-13-16)10(18)15-7-9(17)14-11(19)12(15,2)3/h4-6,8H,7H2,1-3H3,(H,14,17,19). The molecule has 0 aromatic carbocycles. The lowest BCUT2D eigenvalue weighted by Crippen LogP contribution is -2.66. The summed E-state index contributed by atoms with van der Waals surface area (Å²) >= 11 is 0. The summed E-state index contributed by atoms with van der Waals surface area (Å²) in [5, 5.41) is 6.24. The van der Waals surface area contributed by atoms with Crippen molar-refractivity contribution >= 4 is 17.7 Å². The van der Waals surface area contributed by atoms with E-state index in [0.717, 1.165) is 0 Å². The largest absolute Gasteiger partial charge is 0.317 e. The van der Waals surface area contributed by atoms with E-state index in [1.807, 2.05) is 0 Å². The number of carbonyl (C=O) groups excluding carboxylic acids is 3. The molecule has 1 aliphatic rings. The molecule has 2 heterocycles. The molecule has 1 fully saturated rings. The van der Waals surface area contributed by atoms with Crippen LogP contribution in [0.4, 0.5) is 0 Å². The van der Waals surface area contributed by atoms with E-state index in [1.165, 1.54) is 9.58 Å². The maximum absolute atomic E-state index is 12.4. The minimum Gasteiger partial charge on any atom is -0.317 e. The van der Waals surface area contributed by atoms with Gasteiger partial charge in [-0.25, -0.2) is 0 Å². The van der Waals surface area contributed by atoms with Crippen LogP contribution < -0.4 is 5.32 Å². The number of amides is 3. The third kappa shape index (κ3) is 2.23. The van der Waals surface area contributed by atoms with Gasteiger partial charge in [0.25, 0.3) is 5.91 Å². The molecule has 2 rings (SSSR count). The van der Waals surface area contributed by atoms with Crippen LogP contribution in [-0.4, -0.2) is 44.5 Å². The zero-order valence-electron chi connectivity index (χ0n) is 11.1. The van der Waals surface area contributed by atoms with Gasteiger partial charge in [-0.1, -0.05) is 0 Å². The molecule has 0 bridgehead atoms. The van der Waals surface area contributed by atoms with Crippen molar-refractivity contribution in [2.24, 2.45) is 0 Å². The Labute approximate surface area is 110 Å². The Morgan fingerprint density at radius 2 is 2.16 bits per heavy atom. The van der Waals surface area contributed by atoms with Gasteiger partial charge in [0.1, 0.15) is 18.1 Å². The summed E-state index contributed by atoms with van der Waals surface area (Å²) in [4.78, 5) is 37.0. The number of aromatic nitrogens is 2. The number of carbonyl (C=O) groups is 3. The Bertz CT molecular complexity index is 521. The second-order valence-electron chi connectivity index (χ2n) is 5.02. The molecule has 7 heteroatoms. The lowest BCUT2D eigenvalue weighted by molar-refractivity contribution is -0.157. The van der Waals surface area contributed by atoms with Crippen molar-refractivity contribution in [2.45, 2.75) is 32.4 Å². The van der Waals surface area contributed by atoms with Crippen molar-refractivity contribution < 1.29 is 14.4 Å². The number of imide groups is 1. The molecule has 19 heavy (non-hydrogen) atoms. The van der Waals surface area contributed by atoms with E-state index >= 15 is 0 Å². The average Bonchev–Trinajstić information content (AvgIpc) is 2.86. The quantitative estimate of drug-likeness (QED) is 0.744. The normalized spacial score (nSPS) is 20.1. The van der Waals surface area contributed by atoms with E-state index in [0.29, 0.717) is 0 Å². The number of hydrogen-bond donors (Lipinski definition) is 1. The molecule has 1 N–H and O–H groups in total. The molecular weight excluding hydrogens is 248 g/mol. The second-order valence-corrected chi connectivity index (χ2v) is 5.02. The van der Waals surface area contributed by atoms with Crippen molar-refractivity contribution in [1.82, 2.24) is 20.0 Å². The third-order valence-corrected chi connectivity index (χ3v) is 3.33. The molecule has 0 saturated carbocycles. The summed E-state index contributed by atoms with van der Waals surface area (Å²) < 4.78 is 1.50. The first kappa shape index (κ1) is 13.3. The lowest BCUT2D eigenvalue weighted by atomic mass is 9.97. The summed E-state index contributed by atoms with van der Waals surface area (Å²) in [6, 6.07) is 1.15. The van der Waals surface area contributed by atoms with E-state index in [2.05, 4.69) is 10.4 Å². The van der Waals surface area contributed by atoms with E-state index in [4.69, 9.17) is 0 Å². The predicted octanol–water partition coefficient (Wildman–Crippen LogP) is -0.292. The van der Waals surface area contributed by atoms with Crippen LogP contribution in [0.5, 0.6) is 0 Å². The monoisotopic (exact) mass is 264 g/mol. The molecule has 102 valence electrons. The minimum absolute atomic E-state index is 0.122. The van der Waals surface area contributed by atoms with Gasteiger partial charge < -0.3 is 4.90 Å². The van der Waals surface area contributed by atoms with Gasteiger partial charge in [-0.05, 0) is 26.8 Å². The zero-order valence-corrected chi connectivity index (χ0v) is 11.1. The van der Waals surface area contributed by atoms with Gasteiger partial charge in [-0.3, -0.25) is 24.4 Å². The summed E-state index contributed by atoms with van der Waals surface area (Å²) in [6.07, 6.45) is 3.24. The van der Waals surface area contributed by atoms with Crippen LogP contribution in [0.25, 0.3) is 0 Å². The molecule has 0 radical (unpaired) electrons. The van der Waals surface area contributed by atoms with Crippen molar-refractivity contribution in [3.8, 4) is 0 Å². The fraction of sp³-hybridized carbons (Fsp3) is 0.500. The fourth-order valence-corrected chi connectivity index (χ4v) is 1.98. The molecule has 1 saturated heterocycles. The highest BCUT2D eigenvalue weighted by Crippen LogP contribution is 2.22. The minimum atomic E-state index is -1.05. The van der Waals surface area contributed by atoms with Crippen molar-refractivity contribution in [3.05, 3.63) is 18.5 Å². The molecule has 0 aliphatic carbocycles. The average molecular weight is 264 g/mol. The Kier molecular flexibility index (Phi) is 3.13. The van der Waals surface area contributed by atoms with Gasteiger partial charge in [0.15, 0.2) is 0 Å². The molecule has 3 amide bonds. The molecule has 1 aromatic heterocycles. The first-order valence-electron chi connectivity index (χ1n) is 5.99. The van der Waals surface area contributed by atoms with Crippen LogP contribution in [0.1, 0.15) is 26.8 Å². The van der Waals surface area contributed by atoms with Crippen LogP contribution >= 0.6 is 0 Å². The maximum Gasteiger partial charge on any atom is 0.252 e. The van der Waals surface area contributed by atoms with Crippen LogP contribution in [0.2, 0.25) is 0 Å². The molecular formula is C12H16N4O3. The Morgan fingerprint density at radius 1 is 1.47 bits per heavy atom. The zero-order chi connectivity index (χ0) is 14.2. The highest BCUT2D eigenvalue weighted by molar-refractivity contribution is 6.06. The van der Waals surface area contributed by atoms with Crippen LogP contribution in [0.3, 0.4) is 0 Å². The van der Waals surface area contributed by atoms with E-state index in [9.17, 15) is 14.4 Å². The van der Waals surface area contributed by atoms with E-state index in [-0.39, 0.29) is 12.5 Å². The summed E-state index contributed by atoms with van der Waals surface area (Å²) in [7, 11) is 0. The van der Waals surface area contributed by atoms with Gasteiger partial charge in [-0.15, -0.1) is 0 Å². The molecule has 1 unspecified atom stereocenters. The summed E-state index contributed by atoms with van der Waals surface area (Å²) in [5.74, 6) is -1.24. The molecule has 1 atom stereocenters. The molecule has 1 aromatic rings. The first-order valence-corrected chi connectivity index (χ1v) is 5.99. The highest BCUT2D eigenvalue weighted by atomic mass is 16.2. The van der Waals surface area contributed by atoms with Crippen molar-refractivity contribution in [2.75, 3.05) is 6.54 Å². The summed E-state index contributed by atoms with van der Waals surface area (Å²) in [5.41, 5.74) is -1.05. The molecule has 7 nitrogen and oxygen atoms in total. The van der Waals surface area contributed by atoms with Gasteiger partial charge in [0.2, 0.25) is 11.8 Å². The second kappa shape index (κ2) is 4.49. The predicted molar refractivity (Wildman–Crippen MR) is 65.9 cm³/mol. The topological polar surface area (TPSA) is 84.3 Å². The van der Waals surface area contributed by atoms with Crippen LogP contribution in [0.15, 0.2) is 18.5 Å². The smallest absolute Gasteiger partial charge is 0.252 e. The lowest BCUT2D eigenvalue weighted by Gasteiger charge is -2.41. The number of rotatable bonds is 2. The Morgan fingerprint density at radius 3 is 2.74 bits per heavy atom. The van der Waals surface area contributed by atoms with Crippen molar-refractivity contribution in [1.29, 1.82) is 0 Å². The van der Waals surface area contributed by atoms with Gasteiger partial charge in [-0.2, -0.15) is 5.10 Å². The third-order valence-electron chi connectivity index (χ3n) is 3.33. The fourth-order valence-electron chi connectivity index (χ4n) is 1.98. The van der Waals surface area contributed by atoms with E-state index < -0.39 is 23.4 Å². The molecule has 1 aliphatic heterocycles. The number of hydrogen-bond acceptors (Lipinski definition) is 4. The first-order chi connectivity index (χ1) is 8.84. The van der Waals surface area contributed by atoms with Gasteiger partial charge in [0, 0.05) is 12.4 Å². The number of nitrogens with zero attached hydrogens (tertiary/aromatic N) is 3. The van der Waals surface area contributed by atoms with Crippen LogP contribution in [0, 0.1) is 0 Å². The van der Waals surface area contributed by atoms with Gasteiger partial charge in [0.05, 0.1) is 0 Å². The number of piperazine rings is 1. The Balaban J connectivity index is 2.26. The summed E-state index contributed by atoms with van der Waals surface area (Å²) in [6.45, 7) is 4.79. The maximum atomic E-state index is 12.4. The SMILES string of the molecule is CC(C(=O)N1CC(=O)NC(=O)C1(C)C)n1cccn1. The highest BCUT2D eigenvalue weighted by Gasteiger charge is 2.44. The van der Waals surface area contributed by atoms with Gasteiger partial charge >= 0.3 is 0 Å².